The summed E-state index contributed by atoms with van der Waals surface area (Å²) in [6, 6.07) is 44.0. The number of hydrogen-bond donors (Lipinski definition) is 3. The van der Waals surface area contributed by atoms with Crippen LogP contribution in [-0.4, -0.2) is 28.5 Å². The van der Waals surface area contributed by atoms with E-state index >= 15 is 0 Å². The van der Waals surface area contributed by atoms with E-state index in [2.05, 4.69) is 45.2 Å². The van der Waals surface area contributed by atoms with Crippen molar-refractivity contribution in [2.24, 2.45) is 0 Å². The van der Waals surface area contributed by atoms with Gasteiger partial charge in [-0.05, 0) is 69.6 Å². The lowest BCUT2D eigenvalue weighted by molar-refractivity contribution is -0.114. The predicted octanol–water partition coefficient (Wildman–Crippen LogP) is 9.26. The molecule has 7 aromatic rings. The number of aromatic nitrogens is 1. The number of benzene rings is 6. The number of thiazole rings is 1. The molecule has 6 aromatic carbocycles. The maximum absolute atomic E-state index is 13.7. The molecule has 244 valence electrons. The first-order chi connectivity index (χ1) is 24.5. The minimum Gasteiger partial charge on any atom is -0.321 e. The van der Waals surface area contributed by atoms with Crippen LogP contribution >= 0.6 is 23.1 Å². The van der Waals surface area contributed by atoms with Gasteiger partial charge in [-0.1, -0.05) is 103 Å². The highest BCUT2D eigenvalue weighted by atomic mass is 32.2. The van der Waals surface area contributed by atoms with Crippen LogP contribution in [0.4, 0.5) is 10.8 Å². The lowest BCUT2D eigenvalue weighted by Gasteiger charge is -2.13. The zero-order valence-corrected chi connectivity index (χ0v) is 28.3. The second-order valence-corrected chi connectivity index (χ2v) is 13.3. The Balaban J connectivity index is 1.02. The van der Waals surface area contributed by atoms with E-state index in [1.165, 1.54) is 23.1 Å². The molecule has 50 heavy (non-hydrogen) atoms. The molecule has 3 N–H and O–H groups in total. The summed E-state index contributed by atoms with van der Waals surface area (Å²) in [5.74, 6) is -0.908. The average Bonchev–Trinajstić information content (AvgIpc) is 3.62. The molecule has 0 radical (unpaired) electrons. The fourth-order valence-corrected chi connectivity index (χ4v) is 6.94. The number of carbonyl (C=O) groups is 3. The van der Waals surface area contributed by atoms with Gasteiger partial charge in [0.25, 0.3) is 11.8 Å². The molecule has 0 atom stereocenters. The van der Waals surface area contributed by atoms with Crippen LogP contribution in [0, 0.1) is 0 Å². The second-order valence-electron chi connectivity index (χ2n) is 11.4. The number of amides is 3. The summed E-state index contributed by atoms with van der Waals surface area (Å²) in [7, 11) is 0. The van der Waals surface area contributed by atoms with Crippen LogP contribution < -0.4 is 16.0 Å². The summed E-state index contributed by atoms with van der Waals surface area (Å²) in [6.45, 7) is 0. The second kappa shape index (κ2) is 15.0. The Morgan fingerprint density at radius 1 is 0.700 bits per heavy atom. The quantitative estimate of drug-likeness (QED) is 0.0982. The van der Waals surface area contributed by atoms with Crippen LogP contribution in [0.2, 0.25) is 0 Å². The summed E-state index contributed by atoms with van der Waals surface area (Å²) in [4.78, 5) is 45.1. The number of nitrogens with zero attached hydrogens (tertiary/aromatic N) is 1. The number of thioether (sulfide) groups is 1. The van der Waals surface area contributed by atoms with Crippen LogP contribution in [-0.2, 0) is 9.59 Å². The van der Waals surface area contributed by atoms with E-state index in [1.54, 1.807) is 42.5 Å². The Morgan fingerprint density at radius 3 is 2.30 bits per heavy atom. The Kier molecular flexibility index (Phi) is 9.77. The molecule has 0 bridgehead atoms. The third-order valence-corrected chi connectivity index (χ3v) is 9.66. The van der Waals surface area contributed by atoms with Crippen molar-refractivity contribution < 1.29 is 14.4 Å². The highest BCUT2D eigenvalue weighted by Gasteiger charge is 2.16. The number of anilines is 2. The summed E-state index contributed by atoms with van der Waals surface area (Å²) in [6.07, 6.45) is 1.69. The maximum atomic E-state index is 13.7. The van der Waals surface area contributed by atoms with Crippen LogP contribution in [0.3, 0.4) is 0 Å². The van der Waals surface area contributed by atoms with E-state index in [9.17, 15) is 14.4 Å². The van der Waals surface area contributed by atoms with Crippen molar-refractivity contribution in [2.75, 3.05) is 16.4 Å². The molecule has 0 saturated carbocycles. The molecule has 0 aliphatic carbocycles. The Hall–Kier alpha value is -6.03. The van der Waals surface area contributed by atoms with Gasteiger partial charge in [0.05, 0.1) is 11.4 Å². The molecule has 7 nitrogen and oxygen atoms in total. The van der Waals surface area contributed by atoms with E-state index in [0.29, 0.717) is 16.4 Å². The van der Waals surface area contributed by atoms with Gasteiger partial charge in [0.15, 0.2) is 5.13 Å². The largest absolute Gasteiger partial charge is 0.321 e. The molecule has 1 heterocycles. The standard InChI is InChI=1S/C41H30N4O3S2/c46-38(45-41-44-37(25-50-41)32-21-20-27-10-4-5-14-30(27)22-32)26-49-34-18-9-17-33(24-34)42-40(48)36(43-39(47)29-12-2-1-3-13-29)23-31-16-8-15-28-11-6-7-19-35(28)31/h1-25H,26H2,(H,42,48)(H,43,47)(H,44,45,46)/b36-23+. The van der Waals surface area contributed by atoms with Crippen LogP contribution in [0.15, 0.2) is 155 Å². The minimum atomic E-state index is -0.479. The van der Waals surface area contributed by atoms with Crippen LogP contribution in [0.1, 0.15) is 15.9 Å². The molecule has 0 saturated heterocycles. The van der Waals surface area contributed by atoms with Crippen molar-refractivity contribution in [1.82, 2.24) is 10.3 Å². The highest BCUT2D eigenvalue weighted by Crippen LogP contribution is 2.29. The number of hydrogen-bond acceptors (Lipinski definition) is 6. The lowest BCUT2D eigenvalue weighted by atomic mass is 10.0. The number of nitrogens with one attached hydrogen (secondary N) is 3. The van der Waals surface area contributed by atoms with Crippen LogP contribution in [0.25, 0.3) is 38.9 Å². The number of fused-ring (bicyclic) bond motifs is 2. The van der Waals surface area contributed by atoms with Crippen molar-refractivity contribution in [1.29, 1.82) is 0 Å². The average molecular weight is 691 g/mol. The fraction of sp³-hybridized carbons (Fsp3) is 0.0244. The molecule has 0 unspecified atom stereocenters. The summed E-state index contributed by atoms with van der Waals surface area (Å²) in [5, 5.41) is 15.4. The van der Waals surface area contributed by atoms with E-state index in [-0.39, 0.29) is 17.4 Å². The van der Waals surface area contributed by atoms with Gasteiger partial charge in [0.1, 0.15) is 5.70 Å². The fourth-order valence-electron chi connectivity index (χ4n) is 5.45. The zero-order valence-electron chi connectivity index (χ0n) is 26.6. The van der Waals surface area contributed by atoms with Gasteiger partial charge in [0.2, 0.25) is 5.91 Å². The predicted molar refractivity (Wildman–Crippen MR) is 205 cm³/mol. The van der Waals surface area contributed by atoms with Gasteiger partial charge >= 0.3 is 0 Å². The maximum Gasteiger partial charge on any atom is 0.272 e. The Labute approximate surface area is 297 Å². The van der Waals surface area contributed by atoms with Gasteiger partial charge in [-0.3, -0.25) is 14.4 Å². The Bertz CT molecular complexity index is 2380. The van der Waals surface area contributed by atoms with Crippen molar-refractivity contribution in [3.63, 3.8) is 0 Å². The molecule has 0 aliphatic rings. The normalized spacial score (nSPS) is 11.3. The molecule has 0 spiro atoms. The van der Waals surface area contributed by atoms with E-state index in [0.717, 1.165) is 43.3 Å². The van der Waals surface area contributed by atoms with Crippen molar-refractivity contribution in [3.05, 3.63) is 162 Å². The molecule has 9 heteroatoms. The van der Waals surface area contributed by atoms with Crippen molar-refractivity contribution in [3.8, 4) is 11.3 Å². The van der Waals surface area contributed by atoms with Gasteiger partial charge in [-0.25, -0.2) is 4.98 Å². The van der Waals surface area contributed by atoms with Gasteiger partial charge in [-0.15, -0.1) is 23.1 Å². The minimum absolute atomic E-state index is 0.0964. The van der Waals surface area contributed by atoms with E-state index in [4.69, 9.17) is 0 Å². The van der Waals surface area contributed by atoms with Gasteiger partial charge < -0.3 is 16.0 Å². The molecule has 1 aromatic heterocycles. The molecule has 0 aliphatic heterocycles. The lowest BCUT2D eigenvalue weighted by Crippen LogP contribution is -2.30. The van der Waals surface area contributed by atoms with Crippen molar-refractivity contribution >= 4 is 79.3 Å². The van der Waals surface area contributed by atoms with Crippen molar-refractivity contribution in [2.45, 2.75) is 4.90 Å². The van der Waals surface area contributed by atoms with Gasteiger partial charge in [-0.2, -0.15) is 0 Å². The zero-order chi connectivity index (χ0) is 34.3. The summed E-state index contributed by atoms with van der Waals surface area (Å²) >= 11 is 2.72. The molecule has 0 fully saturated rings. The number of rotatable bonds is 10. The first kappa shape index (κ1) is 32.5. The van der Waals surface area contributed by atoms with E-state index in [1.807, 2.05) is 84.2 Å². The molecule has 3 amide bonds. The van der Waals surface area contributed by atoms with E-state index < -0.39 is 11.8 Å². The number of carbonyl (C=O) groups excluding carboxylic acids is 3. The molecule has 7 rings (SSSR count). The molecular weight excluding hydrogens is 661 g/mol. The molecular formula is C41H30N4O3S2. The topological polar surface area (TPSA) is 100 Å². The van der Waals surface area contributed by atoms with Crippen LogP contribution in [0.5, 0.6) is 0 Å². The monoisotopic (exact) mass is 690 g/mol. The highest BCUT2D eigenvalue weighted by molar-refractivity contribution is 8.00. The Morgan fingerprint density at radius 2 is 1.44 bits per heavy atom. The SMILES string of the molecule is O=C(CSc1cccc(NC(=O)/C(=C\c2cccc3ccccc23)NC(=O)c2ccccc2)c1)Nc1nc(-c2ccc3ccccc3c2)cs1. The van der Waals surface area contributed by atoms with Gasteiger partial charge in [0, 0.05) is 27.1 Å². The first-order valence-electron chi connectivity index (χ1n) is 15.8. The first-order valence-corrected chi connectivity index (χ1v) is 17.7. The third-order valence-electron chi connectivity index (χ3n) is 7.91. The smallest absolute Gasteiger partial charge is 0.272 e. The summed E-state index contributed by atoms with van der Waals surface area (Å²) < 4.78 is 0. The third kappa shape index (κ3) is 7.81. The summed E-state index contributed by atoms with van der Waals surface area (Å²) in [5.41, 5.74) is 3.65.